The van der Waals surface area contributed by atoms with Gasteiger partial charge < -0.3 is 15.3 Å². The second-order valence-electron chi connectivity index (χ2n) is 11.9. The molecule has 3 N–H and O–H groups in total. The predicted molar refractivity (Wildman–Crippen MR) is 189 cm³/mol. The summed E-state index contributed by atoms with van der Waals surface area (Å²) in [6, 6.07) is 25.7. The van der Waals surface area contributed by atoms with E-state index in [1.807, 2.05) is 56.1 Å². The number of aromatic nitrogens is 4. The third kappa shape index (κ3) is 7.27. The number of nitrogens with one attached hydrogen (secondary N) is 3. The van der Waals surface area contributed by atoms with Crippen molar-refractivity contribution in [1.29, 1.82) is 0 Å². The van der Waals surface area contributed by atoms with Crippen LogP contribution in [0, 0.1) is 0 Å². The first kappa shape index (κ1) is 32.8. The van der Waals surface area contributed by atoms with Crippen molar-refractivity contribution in [2.75, 3.05) is 14.1 Å². The molecule has 238 valence electrons. The molecule has 2 atom stereocenters. The third-order valence-corrected chi connectivity index (χ3v) is 9.08. The van der Waals surface area contributed by atoms with Gasteiger partial charge in [0.1, 0.15) is 0 Å². The first-order chi connectivity index (χ1) is 22.2. The molecule has 2 aliphatic carbocycles. The van der Waals surface area contributed by atoms with Crippen LogP contribution in [0.15, 0.2) is 97.6 Å². The number of aromatic amines is 2. The van der Waals surface area contributed by atoms with E-state index in [9.17, 15) is 4.79 Å². The van der Waals surface area contributed by atoms with Crippen molar-refractivity contribution in [2.24, 2.45) is 0 Å². The number of carbonyl (C=O) groups is 1. The van der Waals surface area contributed by atoms with E-state index < -0.39 is 0 Å². The molecule has 46 heavy (non-hydrogen) atoms. The molecule has 2 unspecified atom stereocenters. The van der Waals surface area contributed by atoms with Crippen LogP contribution in [0.1, 0.15) is 83.6 Å². The summed E-state index contributed by atoms with van der Waals surface area (Å²) in [7, 11) is 4.23. The Morgan fingerprint density at radius 3 is 2.15 bits per heavy atom. The number of fused-ring (bicyclic) bond motifs is 4. The highest BCUT2D eigenvalue weighted by Crippen LogP contribution is 2.33. The predicted octanol–water partition coefficient (Wildman–Crippen LogP) is 8.37. The van der Waals surface area contributed by atoms with Gasteiger partial charge in [-0.25, -0.2) is 0 Å². The molecule has 2 aliphatic rings. The average molecular weight is 615 g/mol. The summed E-state index contributed by atoms with van der Waals surface area (Å²) in [5.41, 5.74) is 9.61. The van der Waals surface area contributed by atoms with Gasteiger partial charge in [-0.2, -0.15) is 0 Å². The first-order valence-electron chi connectivity index (χ1n) is 16.0. The highest BCUT2D eigenvalue weighted by atomic mass is 16.1. The Morgan fingerprint density at radius 1 is 0.804 bits per heavy atom. The summed E-state index contributed by atoms with van der Waals surface area (Å²) in [6.07, 6.45) is 15.8. The minimum absolute atomic E-state index is 0. The van der Waals surface area contributed by atoms with E-state index >= 15 is 0 Å². The molecule has 0 saturated carbocycles. The normalized spacial score (nSPS) is 16.7. The Kier molecular flexibility index (Phi) is 11.1. The average Bonchev–Trinajstić information content (AvgIpc) is 3.79. The van der Waals surface area contributed by atoms with Gasteiger partial charge in [0.2, 0.25) is 0 Å². The number of hydrogen-bond acceptors (Lipinski definition) is 5. The van der Waals surface area contributed by atoms with E-state index in [-0.39, 0.29) is 7.43 Å². The van der Waals surface area contributed by atoms with Crippen molar-refractivity contribution in [1.82, 2.24) is 30.2 Å². The molecule has 0 aliphatic heterocycles. The molecule has 0 saturated heterocycles. The number of benzene rings is 2. The van der Waals surface area contributed by atoms with Crippen molar-refractivity contribution < 1.29 is 4.79 Å². The number of rotatable bonds is 5. The lowest BCUT2D eigenvalue weighted by Crippen LogP contribution is -2.28. The molecule has 0 fully saturated rings. The van der Waals surface area contributed by atoms with Gasteiger partial charge in [0.15, 0.2) is 6.29 Å². The van der Waals surface area contributed by atoms with Gasteiger partial charge in [-0.3, -0.25) is 19.7 Å². The number of aldehydes is 1. The zero-order chi connectivity index (χ0) is 31.0. The van der Waals surface area contributed by atoms with Gasteiger partial charge in [-0.05, 0) is 105 Å². The quantitative estimate of drug-likeness (QED) is 0.170. The molecule has 7 heteroatoms. The van der Waals surface area contributed by atoms with Crippen molar-refractivity contribution in [3.8, 4) is 0 Å². The van der Waals surface area contributed by atoms with Crippen LogP contribution in [0.3, 0.4) is 0 Å². The number of hydrogen-bond donors (Lipinski definition) is 3. The monoisotopic (exact) mass is 614 g/mol. The summed E-state index contributed by atoms with van der Waals surface area (Å²) < 4.78 is 0. The van der Waals surface area contributed by atoms with E-state index in [4.69, 9.17) is 0 Å². The summed E-state index contributed by atoms with van der Waals surface area (Å²) in [4.78, 5) is 28.4. The van der Waals surface area contributed by atoms with Crippen LogP contribution in [0.2, 0.25) is 0 Å². The third-order valence-electron chi connectivity index (χ3n) is 9.08. The van der Waals surface area contributed by atoms with Gasteiger partial charge in [0, 0.05) is 53.8 Å². The van der Waals surface area contributed by atoms with E-state index in [0.717, 1.165) is 23.7 Å². The molecule has 7 nitrogen and oxygen atoms in total. The molecule has 4 heterocycles. The van der Waals surface area contributed by atoms with E-state index in [1.165, 1.54) is 77.5 Å². The first-order valence-corrected chi connectivity index (χ1v) is 16.0. The number of nitrogens with zero attached hydrogens (tertiary/aromatic N) is 3. The van der Waals surface area contributed by atoms with Crippen molar-refractivity contribution >= 4 is 28.1 Å². The molecule has 8 rings (SSSR count). The number of pyridine rings is 2. The van der Waals surface area contributed by atoms with Gasteiger partial charge in [0.25, 0.3) is 0 Å². The molecule has 2 aromatic carbocycles. The Labute approximate surface area is 272 Å². The van der Waals surface area contributed by atoms with E-state index in [0.29, 0.717) is 17.6 Å². The van der Waals surface area contributed by atoms with Gasteiger partial charge in [-0.1, -0.05) is 49.9 Å². The molecular weight excluding hydrogens is 568 g/mol. The maximum atomic E-state index is 10.5. The maximum absolute atomic E-state index is 10.5. The number of carbonyl (C=O) groups excluding carboxylic acids is 1. The van der Waals surface area contributed by atoms with Gasteiger partial charge in [0.05, 0.1) is 22.9 Å². The molecular formula is C39H46N6O. The highest BCUT2D eigenvalue weighted by Gasteiger charge is 2.25. The van der Waals surface area contributed by atoms with Crippen molar-refractivity contribution in [3.05, 3.63) is 131 Å². The Balaban J connectivity index is 0.000000147. The molecule has 0 radical (unpaired) electrons. The van der Waals surface area contributed by atoms with E-state index in [2.05, 4.69) is 79.7 Å². The fourth-order valence-corrected chi connectivity index (χ4v) is 6.77. The second kappa shape index (κ2) is 15.6. The van der Waals surface area contributed by atoms with E-state index in [1.54, 1.807) is 6.07 Å². The highest BCUT2D eigenvalue weighted by molar-refractivity contribution is 5.95. The summed E-state index contributed by atoms with van der Waals surface area (Å²) in [5.74, 6) is 0. The van der Waals surface area contributed by atoms with Crippen molar-refractivity contribution in [2.45, 2.75) is 64.6 Å². The molecule has 0 bridgehead atoms. The number of aryl methyl sites for hydroxylation is 2. The molecule has 4 aromatic heterocycles. The summed E-state index contributed by atoms with van der Waals surface area (Å²) in [6.45, 7) is 0.943. The molecule has 0 spiro atoms. The van der Waals surface area contributed by atoms with Crippen LogP contribution >= 0.6 is 0 Å². The van der Waals surface area contributed by atoms with Crippen LogP contribution in [0.25, 0.3) is 21.8 Å². The molecule has 0 amide bonds. The lowest BCUT2D eigenvalue weighted by molar-refractivity contribution is 0.112. The lowest BCUT2D eigenvalue weighted by atomic mass is 9.91. The largest absolute Gasteiger partial charge is 0.361 e. The Hall–Kier alpha value is -4.59. The topological polar surface area (TPSA) is 89.7 Å². The Morgan fingerprint density at radius 2 is 1.43 bits per heavy atom. The molecule has 6 aromatic rings. The summed E-state index contributed by atoms with van der Waals surface area (Å²) >= 11 is 0. The smallest absolute Gasteiger partial charge is 0.152 e. The number of para-hydroxylation sites is 2. The zero-order valence-corrected chi connectivity index (χ0v) is 26.2. The summed E-state index contributed by atoms with van der Waals surface area (Å²) in [5, 5.41) is 5.66. The van der Waals surface area contributed by atoms with Crippen LogP contribution in [0.5, 0.6) is 0 Å². The van der Waals surface area contributed by atoms with Gasteiger partial charge in [-0.15, -0.1) is 0 Å². The SMILES string of the molecule is C.CN(Cc1cccc2cc[nH]c12)C1CCCc2cccnc21.CNC1CCCc2cccnc21.O=Cc1cccc2cc[nH]c12. The fraction of sp³-hybridized carbons (Fsp3) is 0.308. The van der Waals surface area contributed by atoms with Crippen LogP contribution in [-0.4, -0.2) is 45.2 Å². The van der Waals surface area contributed by atoms with Crippen LogP contribution < -0.4 is 5.32 Å². The Bertz CT molecular complexity index is 1860. The standard InChI is InChI=1S/C19H21N3.C10H14N2.C9H7NO.CH4/c1-22(13-16-7-2-5-15-10-12-21-18(15)16)17-9-3-6-14-8-4-11-20-19(14)17;1-11-9-6-2-4-8-5-3-7-12-10(8)9;11-6-8-3-1-2-7-4-5-10-9(7)8;/h2,4-5,7-8,10-12,17,21H,3,6,9,13H2,1H3;3,5,7,9,11H,2,4,6H2,1H3;1-6,10H;1H4. The van der Waals surface area contributed by atoms with Gasteiger partial charge >= 0.3 is 0 Å². The minimum Gasteiger partial charge on any atom is -0.361 e. The van der Waals surface area contributed by atoms with Crippen LogP contribution in [-0.2, 0) is 19.4 Å². The van der Waals surface area contributed by atoms with Crippen molar-refractivity contribution in [3.63, 3.8) is 0 Å². The number of H-pyrrole nitrogens is 2. The minimum atomic E-state index is 0. The second-order valence-corrected chi connectivity index (χ2v) is 11.9. The zero-order valence-electron chi connectivity index (χ0n) is 26.2. The van der Waals surface area contributed by atoms with Crippen LogP contribution in [0.4, 0.5) is 0 Å². The lowest BCUT2D eigenvalue weighted by Gasteiger charge is -2.32. The fourth-order valence-electron chi connectivity index (χ4n) is 6.77. The maximum Gasteiger partial charge on any atom is 0.152 e.